The molecule has 1 amide bonds. The van der Waals surface area contributed by atoms with Crippen LogP contribution in [0.15, 0.2) is 30.5 Å². The molecule has 1 saturated heterocycles. The number of nitrogens with zero attached hydrogens (tertiary/aromatic N) is 2. The van der Waals surface area contributed by atoms with Crippen LogP contribution in [0.1, 0.15) is 56.4 Å². The van der Waals surface area contributed by atoms with E-state index in [1.807, 2.05) is 0 Å². The Morgan fingerprint density at radius 3 is 2.80 bits per heavy atom. The summed E-state index contributed by atoms with van der Waals surface area (Å²) in [4.78, 5) is 15.6. The monoisotopic (exact) mass is 336 g/mol. The second kappa shape index (κ2) is 5.89. The molecule has 3 nitrogen and oxygen atoms in total. The summed E-state index contributed by atoms with van der Waals surface area (Å²) >= 11 is 0. The van der Waals surface area contributed by atoms with Gasteiger partial charge in [0.2, 0.25) is 5.91 Å². The lowest BCUT2D eigenvalue weighted by Crippen LogP contribution is -2.50. The zero-order valence-electron chi connectivity index (χ0n) is 15.2. The van der Waals surface area contributed by atoms with E-state index in [0.717, 1.165) is 18.9 Å². The van der Waals surface area contributed by atoms with Crippen LogP contribution >= 0.6 is 0 Å². The van der Waals surface area contributed by atoms with Gasteiger partial charge in [-0.05, 0) is 55.6 Å². The molecule has 0 bridgehead atoms. The van der Waals surface area contributed by atoms with Crippen LogP contribution in [0.5, 0.6) is 0 Å². The van der Waals surface area contributed by atoms with Crippen LogP contribution in [0.25, 0.3) is 10.9 Å². The first kappa shape index (κ1) is 15.5. The summed E-state index contributed by atoms with van der Waals surface area (Å²) in [6, 6.07) is 9.14. The van der Waals surface area contributed by atoms with E-state index >= 15 is 0 Å². The average Bonchev–Trinajstić information content (AvgIpc) is 3.39. The summed E-state index contributed by atoms with van der Waals surface area (Å²) in [5.41, 5.74) is 2.66. The van der Waals surface area contributed by atoms with Crippen molar-refractivity contribution in [3.05, 3.63) is 36.0 Å². The van der Waals surface area contributed by atoms with E-state index < -0.39 is 0 Å². The maximum atomic E-state index is 13.3. The number of piperidine rings is 1. The van der Waals surface area contributed by atoms with Crippen LogP contribution in [0.4, 0.5) is 0 Å². The van der Waals surface area contributed by atoms with Crippen LogP contribution in [0, 0.1) is 11.8 Å². The third-order valence-corrected chi connectivity index (χ3v) is 6.96. The van der Waals surface area contributed by atoms with Crippen LogP contribution in [-0.2, 0) is 11.8 Å². The van der Waals surface area contributed by atoms with Gasteiger partial charge in [-0.25, -0.2) is 0 Å². The fourth-order valence-electron chi connectivity index (χ4n) is 5.59. The summed E-state index contributed by atoms with van der Waals surface area (Å²) in [5.74, 6) is 1.89. The van der Waals surface area contributed by atoms with Crippen molar-refractivity contribution in [2.24, 2.45) is 18.9 Å². The molecule has 0 N–H and O–H groups in total. The predicted molar refractivity (Wildman–Crippen MR) is 100 cm³/mol. The smallest absolute Gasteiger partial charge is 0.226 e. The zero-order chi connectivity index (χ0) is 17.0. The molecule has 1 aromatic carbocycles. The number of rotatable bonds is 2. The Bertz CT molecular complexity index is 805. The van der Waals surface area contributed by atoms with E-state index in [1.165, 1.54) is 55.0 Å². The van der Waals surface area contributed by atoms with Crippen LogP contribution in [0.2, 0.25) is 0 Å². The number of hydrogen-bond acceptors (Lipinski definition) is 1. The summed E-state index contributed by atoms with van der Waals surface area (Å²) in [7, 11) is 2.11. The van der Waals surface area contributed by atoms with Gasteiger partial charge < -0.3 is 9.47 Å². The molecule has 2 aliphatic carbocycles. The number of fused-ring (bicyclic) bond motifs is 2. The molecule has 25 heavy (non-hydrogen) atoms. The van der Waals surface area contributed by atoms with Gasteiger partial charge >= 0.3 is 0 Å². The number of likely N-dealkylation sites (tertiary alicyclic amines) is 1. The van der Waals surface area contributed by atoms with Gasteiger partial charge in [-0.2, -0.15) is 0 Å². The molecule has 3 fully saturated rings. The molecule has 4 atom stereocenters. The molecule has 2 heterocycles. The molecule has 1 aromatic heterocycles. The third kappa shape index (κ3) is 2.51. The molecule has 2 aromatic rings. The normalized spacial score (nSPS) is 31.8. The molecule has 4 unspecified atom stereocenters. The van der Waals surface area contributed by atoms with Gasteiger partial charge in [-0.1, -0.05) is 31.0 Å². The Kier molecular flexibility index (Phi) is 3.65. The van der Waals surface area contributed by atoms with Crippen molar-refractivity contribution in [3.8, 4) is 0 Å². The number of aromatic nitrogens is 1. The Hall–Kier alpha value is -1.77. The molecule has 0 spiro atoms. The Labute approximate surface area is 150 Å². The highest BCUT2D eigenvalue weighted by Gasteiger charge is 2.49. The van der Waals surface area contributed by atoms with Gasteiger partial charge in [0.05, 0.1) is 0 Å². The quantitative estimate of drug-likeness (QED) is 0.795. The first-order valence-corrected chi connectivity index (χ1v) is 10.1. The Morgan fingerprint density at radius 2 is 1.88 bits per heavy atom. The van der Waals surface area contributed by atoms with Gasteiger partial charge in [0.15, 0.2) is 0 Å². The predicted octanol–water partition coefficient (Wildman–Crippen LogP) is 4.46. The van der Waals surface area contributed by atoms with Crippen molar-refractivity contribution >= 4 is 16.8 Å². The summed E-state index contributed by atoms with van der Waals surface area (Å²) < 4.78 is 2.21. The lowest BCUT2D eigenvalue weighted by atomic mass is 9.78. The minimum absolute atomic E-state index is 0.228. The molecule has 0 radical (unpaired) electrons. The summed E-state index contributed by atoms with van der Waals surface area (Å²) in [6.07, 6.45) is 11.1. The SMILES string of the molecule is Cn1cc(C2CC2C(=O)N2CCCC3CCCCC32)c2ccccc21. The minimum Gasteiger partial charge on any atom is -0.350 e. The van der Waals surface area contributed by atoms with E-state index in [1.54, 1.807) is 0 Å². The van der Waals surface area contributed by atoms with Crippen molar-refractivity contribution in [1.82, 2.24) is 9.47 Å². The van der Waals surface area contributed by atoms with E-state index in [9.17, 15) is 4.79 Å². The second-order valence-corrected chi connectivity index (χ2v) is 8.45. The Balaban J connectivity index is 1.37. The molecular weight excluding hydrogens is 308 g/mol. The topological polar surface area (TPSA) is 25.2 Å². The maximum Gasteiger partial charge on any atom is 0.226 e. The van der Waals surface area contributed by atoms with E-state index in [2.05, 4.69) is 47.0 Å². The molecule has 1 aliphatic heterocycles. The summed E-state index contributed by atoms with van der Waals surface area (Å²) in [5, 5.41) is 1.33. The number of amides is 1. The lowest BCUT2D eigenvalue weighted by molar-refractivity contribution is -0.139. The molecule has 2 saturated carbocycles. The highest BCUT2D eigenvalue weighted by Crippen LogP contribution is 2.51. The minimum atomic E-state index is 0.228. The molecule has 5 rings (SSSR count). The van der Waals surface area contributed by atoms with E-state index in [4.69, 9.17) is 0 Å². The largest absolute Gasteiger partial charge is 0.350 e. The molecular formula is C22H28N2O. The first-order valence-electron chi connectivity index (χ1n) is 10.1. The number of hydrogen-bond donors (Lipinski definition) is 0. The number of carbonyl (C=O) groups excluding carboxylic acids is 1. The highest BCUT2D eigenvalue weighted by atomic mass is 16.2. The standard InChI is InChI=1S/C22H28N2O/c1-23-14-19(16-9-3-5-11-21(16)23)17-13-18(17)22(25)24-12-6-8-15-7-2-4-10-20(15)24/h3,5,9,11,14-15,17-18,20H,2,4,6-8,10,12-13H2,1H3. The van der Waals surface area contributed by atoms with Crippen LogP contribution in [-0.4, -0.2) is 28.0 Å². The number of para-hydroxylation sites is 1. The van der Waals surface area contributed by atoms with Gasteiger partial charge in [-0.3, -0.25) is 4.79 Å². The highest BCUT2D eigenvalue weighted by molar-refractivity contribution is 5.89. The van der Waals surface area contributed by atoms with Gasteiger partial charge in [0.25, 0.3) is 0 Å². The van der Waals surface area contributed by atoms with Crippen molar-refractivity contribution in [2.45, 2.75) is 56.9 Å². The summed E-state index contributed by atoms with van der Waals surface area (Å²) in [6.45, 7) is 0.999. The van der Waals surface area contributed by atoms with Gasteiger partial charge in [-0.15, -0.1) is 0 Å². The lowest BCUT2D eigenvalue weighted by Gasteiger charge is -2.44. The number of carbonyl (C=O) groups is 1. The Morgan fingerprint density at radius 1 is 1.08 bits per heavy atom. The second-order valence-electron chi connectivity index (χ2n) is 8.45. The number of aryl methyl sites for hydroxylation is 1. The van der Waals surface area contributed by atoms with Crippen molar-refractivity contribution in [2.75, 3.05) is 6.54 Å². The fourth-order valence-corrected chi connectivity index (χ4v) is 5.59. The number of benzene rings is 1. The third-order valence-electron chi connectivity index (χ3n) is 6.96. The molecule has 3 aliphatic rings. The van der Waals surface area contributed by atoms with Crippen LogP contribution in [0.3, 0.4) is 0 Å². The molecule has 132 valence electrons. The van der Waals surface area contributed by atoms with Gasteiger partial charge in [0.1, 0.15) is 0 Å². The average molecular weight is 336 g/mol. The first-order chi connectivity index (χ1) is 12.2. The maximum absolute atomic E-state index is 13.3. The van der Waals surface area contributed by atoms with Crippen molar-refractivity contribution in [1.29, 1.82) is 0 Å². The molecule has 3 heteroatoms. The van der Waals surface area contributed by atoms with E-state index in [0.29, 0.717) is 17.9 Å². The fraction of sp³-hybridized carbons (Fsp3) is 0.591. The van der Waals surface area contributed by atoms with Crippen LogP contribution < -0.4 is 0 Å². The van der Waals surface area contributed by atoms with Crippen molar-refractivity contribution < 1.29 is 4.79 Å². The zero-order valence-corrected chi connectivity index (χ0v) is 15.2. The van der Waals surface area contributed by atoms with Gasteiger partial charge in [0, 0.05) is 42.7 Å². The van der Waals surface area contributed by atoms with Crippen molar-refractivity contribution in [3.63, 3.8) is 0 Å². The van der Waals surface area contributed by atoms with E-state index in [-0.39, 0.29) is 5.92 Å².